The van der Waals surface area contributed by atoms with Crippen molar-refractivity contribution in [2.75, 3.05) is 0 Å². The highest BCUT2D eigenvalue weighted by atomic mass is 16.5. The van der Waals surface area contributed by atoms with Gasteiger partial charge in [0.15, 0.2) is 0 Å². The number of rotatable bonds is 4. The van der Waals surface area contributed by atoms with E-state index in [0.29, 0.717) is 29.2 Å². The van der Waals surface area contributed by atoms with E-state index in [-0.39, 0.29) is 39.7 Å². The number of hydrogen-bond acceptors (Lipinski definition) is 3. The van der Waals surface area contributed by atoms with Gasteiger partial charge in [-0.05, 0) is 129 Å². The van der Waals surface area contributed by atoms with Crippen LogP contribution in [-0.2, 0) is 9.53 Å². The van der Waals surface area contributed by atoms with Crippen LogP contribution in [0.2, 0.25) is 0 Å². The highest BCUT2D eigenvalue weighted by Gasteiger charge is 2.72. The van der Waals surface area contributed by atoms with E-state index >= 15 is 0 Å². The first-order valence-corrected chi connectivity index (χ1v) is 16.4. The van der Waals surface area contributed by atoms with Gasteiger partial charge in [-0.2, -0.15) is 0 Å². The number of benzene rings is 1. The summed E-state index contributed by atoms with van der Waals surface area (Å²) in [5.41, 5.74) is 1.65. The third-order valence-corrected chi connectivity index (χ3v) is 14.7. The highest BCUT2D eigenvalue weighted by molar-refractivity contribution is 5.89. The Bertz CT molecular complexity index is 1230. The van der Waals surface area contributed by atoms with Crippen molar-refractivity contribution < 1.29 is 19.4 Å². The number of hydrogen-bond donors (Lipinski definition) is 1. The number of aliphatic carboxylic acids is 1. The summed E-state index contributed by atoms with van der Waals surface area (Å²) in [6, 6.07) is 9.42. The third kappa shape index (κ3) is 3.83. The molecule has 0 spiro atoms. The maximum absolute atomic E-state index is 13.1. The van der Waals surface area contributed by atoms with E-state index in [1.54, 1.807) is 0 Å². The third-order valence-electron chi connectivity index (χ3n) is 14.7. The van der Waals surface area contributed by atoms with Gasteiger partial charge in [0.1, 0.15) is 6.10 Å². The topological polar surface area (TPSA) is 63.6 Å². The van der Waals surface area contributed by atoms with Crippen molar-refractivity contribution in [3.63, 3.8) is 0 Å². The molecule has 0 aliphatic heterocycles. The fourth-order valence-electron chi connectivity index (χ4n) is 12.5. The molecule has 0 aromatic heterocycles. The smallest absolute Gasteiger partial charge is 0.338 e. The number of carbonyl (C=O) groups excluding carboxylic acids is 1. The lowest BCUT2D eigenvalue weighted by atomic mass is 9.32. The van der Waals surface area contributed by atoms with Crippen molar-refractivity contribution in [2.24, 2.45) is 56.7 Å². The van der Waals surface area contributed by atoms with Crippen molar-refractivity contribution in [3.8, 4) is 0 Å². The summed E-state index contributed by atoms with van der Waals surface area (Å²) in [5.74, 6) is 1.32. The Morgan fingerprint density at radius 3 is 2.20 bits per heavy atom. The average molecular weight is 561 g/mol. The van der Waals surface area contributed by atoms with Gasteiger partial charge in [-0.15, -0.1) is 0 Å². The molecule has 4 heteroatoms. The van der Waals surface area contributed by atoms with E-state index in [4.69, 9.17) is 4.74 Å². The first-order chi connectivity index (χ1) is 19.2. The van der Waals surface area contributed by atoms with Gasteiger partial charge in [-0.25, -0.2) is 4.79 Å². The molecule has 5 aliphatic carbocycles. The summed E-state index contributed by atoms with van der Waals surface area (Å²) in [5, 5.41) is 10.6. The normalized spacial score (nSPS) is 46.3. The molecule has 5 saturated carbocycles. The lowest BCUT2D eigenvalue weighted by molar-refractivity contribution is -0.248. The zero-order valence-corrected chi connectivity index (χ0v) is 26.3. The van der Waals surface area contributed by atoms with Crippen LogP contribution in [-0.4, -0.2) is 23.1 Å². The molecule has 0 amide bonds. The molecule has 0 heterocycles. The number of carboxylic acids is 1. The average Bonchev–Trinajstić information content (AvgIpc) is 3.33. The second kappa shape index (κ2) is 9.45. The van der Waals surface area contributed by atoms with Crippen LogP contribution in [0.3, 0.4) is 0 Å². The molecule has 1 N–H and O–H groups in total. The van der Waals surface area contributed by atoms with E-state index < -0.39 is 11.4 Å². The zero-order chi connectivity index (χ0) is 29.6. The second-order valence-corrected chi connectivity index (χ2v) is 16.3. The first-order valence-electron chi connectivity index (χ1n) is 16.4. The van der Waals surface area contributed by atoms with Crippen molar-refractivity contribution in [3.05, 3.63) is 48.0 Å². The minimum absolute atomic E-state index is 0.0785. The van der Waals surface area contributed by atoms with Gasteiger partial charge < -0.3 is 9.84 Å². The standard InChI is InChI=1S/C37H52O4/c1-23(2)25-15-20-37(32(39)40)22-21-35(6)26(30(25)37)13-14-28-34(5)18-17-29(41-31(38)24-11-9-8-10-12-24)33(3,4)27(34)16-19-36(28,35)7/h8-12,25-30H,1,13-22H2,2-7H3,(H,39,40)/t25?,26-,27+,28-,29+,30-,34+,35-,36-,37+/m1/s1. The van der Waals surface area contributed by atoms with Crippen molar-refractivity contribution in [1.82, 2.24) is 0 Å². The SMILES string of the molecule is C=C(C)C1CC[C@]2(C(=O)O)CC[C@]3(C)[C@H](CC[C@@H]4[C@@]5(C)CC[C@H](OC(=O)c6ccccc6)C(C)(C)[C@@H]5CC[C@]43C)[C@@H]12. The first kappa shape index (κ1) is 29.0. The van der Waals surface area contributed by atoms with Crippen LogP contribution < -0.4 is 0 Å². The Hall–Kier alpha value is -2.10. The van der Waals surface area contributed by atoms with E-state index in [9.17, 15) is 14.7 Å². The number of ether oxygens (including phenoxy) is 1. The zero-order valence-electron chi connectivity index (χ0n) is 26.3. The van der Waals surface area contributed by atoms with E-state index in [0.717, 1.165) is 51.4 Å². The minimum atomic E-state index is -0.569. The maximum atomic E-state index is 13.1. The van der Waals surface area contributed by atoms with E-state index in [2.05, 4.69) is 48.1 Å². The molecule has 0 bridgehead atoms. The molecule has 10 atom stereocenters. The van der Waals surface area contributed by atoms with Crippen molar-refractivity contribution in [2.45, 2.75) is 112 Å². The van der Waals surface area contributed by atoms with Crippen LogP contribution in [0.15, 0.2) is 42.5 Å². The number of carboxylic acid groups (broad SMARTS) is 1. The van der Waals surface area contributed by atoms with Crippen molar-refractivity contribution >= 4 is 11.9 Å². The van der Waals surface area contributed by atoms with Crippen LogP contribution in [0.4, 0.5) is 0 Å². The molecule has 224 valence electrons. The van der Waals surface area contributed by atoms with E-state index in [1.165, 1.54) is 18.4 Å². The molecule has 0 radical (unpaired) electrons. The summed E-state index contributed by atoms with van der Waals surface area (Å²) in [6.07, 6.45) is 10.2. The monoisotopic (exact) mass is 560 g/mol. The Labute approximate surface area is 247 Å². The second-order valence-electron chi connectivity index (χ2n) is 16.3. The molecular formula is C37H52O4. The van der Waals surface area contributed by atoms with Gasteiger partial charge in [0.05, 0.1) is 11.0 Å². The number of esters is 1. The minimum Gasteiger partial charge on any atom is -0.481 e. The van der Waals surface area contributed by atoms with Gasteiger partial charge in [0.25, 0.3) is 0 Å². The lowest BCUT2D eigenvalue weighted by Gasteiger charge is -2.72. The molecule has 1 aromatic rings. The molecule has 6 rings (SSSR count). The Balaban J connectivity index is 1.30. The maximum Gasteiger partial charge on any atom is 0.338 e. The Morgan fingerprint density at radius 1 is 0.829 bits per heavy atom. The molecule has 5 fully saturated rings. The van der Waals surface area contributed by atoms with Crippen LogP contribution in [0.1, 0.15) is 116 Å². The quantitative estimate of drug-likeness (QED) is 0.295. The van der Waals surface area contributed by atoms with Crippen LogP contribution in [0.25, 0.3) is 0 Å². The molecule has 1 unspecified atom stereocenters. The number of fused-ring (bicyclic) bond motifs is 7. The summed E-state index contributed by atoms with van der Waals surface area (Å²) >= 11 is 0. The predicted molar refractivity (Wildman–Crippen MR) is 162 cm³/mol. The Morgan fingerprint density at radius 2 is 1.54 bits per heavy atom. The number of carbonyl (C=O) groups is 2. The van der Waals surface area contributed by atoms with Gasteiger partial charge >= 0.3 is 11.9 Å². The summed E-state index contributed by atoms with van der Waals surface area (Å²) in [6.45, 7) is 18.9. The predicted octanol–water partition coefficient (Wildman–Crippen LogP) is 8.95. The Kier molecular flexibility index (Phi) is 6.68. The number of allylic oxidation sites excluding steroid dienone is 1. The van der Waals surface area contributed by atoms with Gasteiger partial charge in [0.2, 0.25) is 0 Å². The molecule has 0 saturated heterocycles. The fraction of sp³-hybridized carbons (Fsp3) is 0.730. The molecule has 5 aliphatic rings. The molecule has 1 aromatic carbocycles. The summed E-state index contributed by atoms with van der Waals surface area (Å²) in [7, 11) is 0. The summed E-state index contributed by atoms with van der Waals surface area (Å²) < 4.78 is 6.27. The highest BCUT2D eigenvalue weighted by Crippen LogP contribution is 2.77. The van der Waals surface area contributed by atoms with Gasteiger partial charge in [-0.1, -0.05) is 65.0 Å². The van der Waals surface area contributed by atoms with Crippen LogP contribution >= 0.6 is 0 Å². The van der Waals surface area contributed by atoms with Gasteiger partial charge in [0, 0.05) is 5.41 Å². The van der Waals surface area contributed by atoms with E-state index in [1.807, 2.05) is 30.3 Å². The molecule has 4 nitrogen and oxygen atoms in total. The van der Waals surface area contributed by atoms with Crippen molar-refractivity contribution in [1.29, 1.82) is 0 Å². The molecule has 41 heavy (non-hydrogen) atoms. The molecular weight excluding hydrogens is 508 g/mol. The largest absolute Gasteiger partial charge is 0.481 e. The lowest BCUT2D eigenvalue weighted by Crippen LogP contribution is -2.67. The van der Waals surface area contributed by atoms with Crippen LogP contribution in [0.5, 0.6) is 0 Å². The fourth-order valence-corrected chi connectivity index (χ4v) is 12.5. The van der Waals surface area contributed by atoms with Gasteiger partial charge in [-0.3, -0.25) is 4.79 Å². The van der Waals surface area contributed by atoms with Crippen LogP contribution in [0, 0.1) is 56.7 Å². The summed E-state index contributed by atoms with van der Waals surface area (Å²) in [4.78, 5) is 26.0.